The number of phenolic OH excluding ortho intramolecular Hbond substituents is 1. The molecule has 0 saturated carbocycles. The van der Waals surface area contributed by atoms with Crippen molar-refractivity contribution in [2.24, 2.45) is 5.10 Å². The number of rotatable bonds is 8. The number of phenols is 1. The smallest absolute Gasteiger partial charge is 0.262 e. The van der Waals surface area contributed by atoms with Crippen LogP contribution in [0.4, 0.5) is 5.69 Å². The molecule has 27 heavy (non-hydrogen) atoms. The molecule has 0 radical (unpaired) electrons. The number of carbonyl (C=O) groups excluding carboxylic acids is 1. The molecule has 0 saturated heterocycles. The summed E-state index contributed by atoms with van der Waals surface area (Å²) in [5, 5.41) is 16.8. The van der Waals surface area contributed by atoms with Gasteiger partial charge in [0.1, 0.15) is 11.8 Å². The summed E-state index contributed by atoms with van der Waals surface area (Å²) < 4.78 is 10.4. The first kappa shape index (κ1) is 20.4. The monoisotopic (exact) mass is 391 g/mol. The summed E-state index contributed by atoms with van der Waals surface area (Å²) in [5.41, 5.74) is 3.81. The van der Waals surface area contributed by atoms with Crippen LogP contribution in [0.3, 0.4) is 0 Å². The maximum atomic E-state index is 12.1. The molecule has 0 heterocycles. The number of halogens is 1. The lowest BCUT2D eigenvalue weighted by molar-refractivity contribution is -0.121. The van der Waals surface area contributed by atoms with E-state index in [2.05, 4.69) is 15.8 Å². The zero-order valence-electron chi connectivity index (χ0n) is 15.3. The molecule has 0 aliphatic heterocycles. The third-order valence-corrected chi connectivity index (χ3v) is 3.89. The third kappa shape index (κ3) is 5.79. The SMILES string of the molecule is CCOc1ccc(NC(C)C(=O)NN=Cc2cc(Cl)c(O)c(OC)c2)cc1. The third-order valence-electron chi connectivity index (χ3n) is 3.60. The van der Waals surface area contributed by atoms with Crippen LogP contribution in [-0.2, 0) is 4.79 Å². The van der Waals surface area contributed by atoms with Crippen molar-refractivity contribution in [3.63, 3.8) is 0 Å². The second-order valence-corrected chi connectivity index (χ2v) is 6.02. The van der Waals surface area contributed by atoms with E-state index in [1.165, 1.54) is 19.4 Å². The molecule has 2 rings (SSSR count). The Balaban J connectivity index is 1.92. The van der Waals surface area contributed by atoms with E-state index in [9.17, 15) is 9.90 Å². The van der Waals surface area contributed by atoms with Crippen LogP contribution in [0.5, 0.6) is 17.2 Å². The van der Waals surface area contributed by atoms with E-state index in [-0.39, 0.29) is 22.4 Å². The number of nitrogens with zero attached hydrogens (tertiary/aromatic N) is 1. The summed E-state index contributed by atoms with van der Waals surface area (Å²) in [7, 11) is 1.42. The Hall–Kier alpha value is -2.93. The summed E-state index contributed by atoms with van der Waals surface area (Å²) in [4.78, 5) is 12.1. The largest absolute Gasteiger partial charge is 0.503 e. The lowest BCUT2D eigenvalue weighted by Gasteiger charge is -2.14. The van der Waals surface area contributed by atoms with Crippen LogP contribution >= 0.6 is 11.6 Å². The molecule has 0 aliphatic rings. The predicted molar refractivity (Wildman–Crippen MR) is 106 cm³/mol. The maximum Gasteiger partial charge on any atom is 0.262 e. The van der Waals surface area contributed by atoms with Gasteiger partial charge in [0, 0.05) is 5.69 Å². The molecule has 2 aromatic carbocycles. The fourth-order valence-electron chi connectivity index (χ4n) is 2.22. The normalized spacial score (nSPS) is 11.9. The van der Waals surface area contributed by atoms with Crippen molar-refractivity contribution < 1.29 is 19.4 Å². The highest BCUT2D eigenvalue weighted by molar-refractivity contribution is 6.32. The van der Waals surface area contributed by atoms with Gasteiger partial charge in [0.05, 0.1) is 25.0 Å². The first-order valence-electron chi connectivity index (χ1n) is 8.33. The lowest BCUT2D eigenvalue weighted by Crippen LogP contribution is -2.34. The molecule has 0 spiro atoms. The van der Waals surface area contributed by atoms with Crippen LogP contribution in [0.1, 0.15) is 19.4 Å². The summed E-state index contributed by atoms with van der Waals surface area (Å²) in [6.07, 6.45) is 1.41. The van der Waals surface area contributed by atoms with Crippen molar-refractivity contribution in [3.8, 4) is 17.2 Å². The number of hydrazone groups is 1. The fraction of sp³-hybridized carbons (Fsp3) is 0.263. The van der Waals surface area contributed by atoms with Crippen molar-refractivity contribution in [3.05, 3.63) is 47.0 Å². The van der Waals surface area contributed by atoms with Gasteiger partial charge in [-0.1, -0.05) is 11.6 Å². The summed E-state index contributed by atoms with van der Waals surface area (Å²) >= 11 is 5.91. The number of carbonyl (C=O) groups is 1. The molecule has 1 atom stereocenters. The Morgan fingerprint density at radius 2 is 2.04 bits per heavy atom. The molecule has 8 heteroatoms. The average Bonchev–Trinajstić information content (AvgIpc) is 2.66. The maximum absolute atomic E-state index is 12.1. The molecular weight excluding hydrogens is 370 g/mol. The molecule has 0 fully saturated rings. The second kappa shape index (κ2) is 9.68. The zero-order valence-corrected chi connectivity index (χ0v) is 16.1. The fourth-order valence-corrected chi connectivity index (χ4v) is 2.44. The molecule has 1 amide bonds. The van der Waals surface area contributed by atoms with Crippen molar-refractivity contribution in [2.75, 3.05) is 19.0 Å². The van der Waals surface area contributed by atoms with Gasteiger partial charge in [-0.3, -0.25) is 4.79 Å². The van der Waals surface area contributed by atoms with E-state index in [1.54, 1.807) is 13.0 Å². The van der Waals surface area contributed by atoms with E-state index in [0.717, 1.165) is 11.4 Å². The quantitative estimate of drug-likeness (QED) is 0.473. The van der Waals surface area contributed by atoms with Gasteiger partial charge in [0.25, 0.3) is 5.91 Å². The van der Waals surface area contributed by atoms with Crippen LogP contribution in [0, 0.1) is 0 Å². The van der Waals surface area contributed by atoms with Crippen molar-refractivity contribution in [2.45, 2.75) is 19.9 Å². The number of hydrogen-bond acceptors (Lipinski definition) is 6. The number of methoxy groups -OCH3 is 1. The van der Waals surface area contributed by atoms with E-state index < -0.39 is 6.04 Å². The second-order valence-electron chi connectivity index (χ2n) is 5.61. The molecular formula is C19H22ClN3O4. The van der Waals surface area contributed by atoms with Gasteiger partial charge in [-0.05, 0) is 55.8 Å². The van der Waals surface area contributed by atoms with Gasteiger partial charge in [-0.25, -0.2) is 5.43 Å². The predicted octanol–water partition coefficient (Wildman–Crippen LogP) is 3.40. The number of amides is 1. The minimum absolute atomic E-state index is 0.132. The van der Waals surface area contributed by atoms with Gasteiger partial charge < -0.3 is 19.9 Å². The van der Waals surface area contributed by atoms with Crippen molar-refractivity contribution in [1.29, 1.82) is 0 Å². The first-order chi connectivity index (χ1) is 12.9. The van der Waals surface area contributed by atoms with Gasteiger partial charge >= 0.3 is 0 Å². The number of ether oxygens (including phenoxy) is 2. The Morgan fingerprint density at radius 3 is 2.67 bits per heavy atom. The Morgan fingerprint density at radius 1 is 1.33 bits per heavy atom. The van der Waals surface area contributed by atoms with Gasteiger partial charge in [0.2, 0.25) is 0 Å². The van der Waals surface area contributed by atoms with Gasteiger partial charge in [-0.2, -0.15) is 5.10 Å². The number of nitrogens with one attached hydrogen (secondary N) is 2. The zero-order chi connectivity index (χ0) is 19.8. The highest BCUT2D eigenvalue weighted by Crippen LogP contribution is 2.34. The Kier molecular flexibility index (Phi) is 7.31. The molecule has 7 nitrogen and oxygen atoms in total. The lowest BCUT2D eigenvalue weighted by atomic mass is 10.2. The van der Waals surface area contributed by atoms with Gasteiger partial charge in [0.15, 0.2) is 11.5 Å². The minimum Gasteiger partial charge on any atom is -0.503 e. The molecule has 3 N–H and O–H groups in total. The van der Waals surface area contributed by atoms with Crippen LogP contribution < -0.4 is 20.2 Å². The highest BCUT2D eigenvalue weighted by Gasteiger charge is 2.12. The molecule has 0 aliphatic carbocycles. The standard InChI is InChI=1S/C19H22ClN3O4/c1-4-27-15-7-5-14(6-8-15)22-12(2)19(25)23-21-11-13-9-16(20)18(24)17(10-13)26-3/h5-12,22,24H,4H2,1-3H3,(H,23,25). The van der Waals surface area contributed by atoms with E-state index in [1.807, 2.05) is 31.2 Å². The molecule has 0 bridgehead atoms. The number of anilines is 1. The van der Waals surface area contributed by atoms with Crippen LogP contribution in [-0.4, -0.2) is 37.0 Å². The van der Waals surface area contributed by atoms with Gasteiger partial charge in [-0.15, -0.1) is 0 Å². The molecule has 1 unspecified atom stereocenters. The molecule has 144 valence electrons. The number of hydrogen-bond donors (Lipinski definition) is 3. The minimum atomic E-state index is -0.502. The van der Waals surface area contributed by atoms with E-state index >= 15 is 0 Å². The molecule has 0 aromatic heterocycles. The van der Waals surface area contributed by atoms with E-state index in [0.29, 0.717) is 12.2 Å². The van der Waals surface area contributed by atoms with Crippen LogP contribution in [0.25, 0.3) is 0 Å². The Labute approximate surface area is 162 Å². The molecule has 2 aromatic rings. The summed E-state index contributed by atoms with van der Waals surface area (Å²) in [6.45, 7) is 4.24. The topological polar surface area (TPSA) is 92.2 Å². The van der Waals surface area contributed by atoms with Crippen molar-refractivity contribution in [1.82, 2.24) is 5.43 Å². The first-order valence-corrected chi connectivity index (χ1v) is 8.71. The van der Waals surface area contributed by atoms with Crippen LogP contribution in [0.2, 0.25) is 5.02 Å². The number of benzene rings is 2. The highest BCUT2D eigenvalue weighted by atomic mass is 35.5. The summed E-state index contributed by atoms with van der Waals surface area (Å²) in [5.74, 6) is 0.541. The number of aromatic hydroxyl groups is 1. The van der Waals surface area contributed by atoms with Crippen molar-refractivity contribution >= 4 is 29.4 Å². The average molecular weight is 392 g/mol. The van der Waals surface area contributed by atoms with Crippen LogP contribution in [0.15, 0.2) is 41.5 Å². The Bertz CT molecular complexity index is 809. The summed E-state index contributed by atoms with van der Waals surface area (Å²) in [6, 6.07) is 9.89. The van der Waals surface area contributed by atoms with E-state index in [4.69, 9.17) is 21.1 Å².